The fraction of sp³-hybridized carbons (Fsp3) is 0.667. The van der Waals surface area contributed by atoms with Gasteiger partial charge in [0.15, 0.2) is 12.1 Å². The molecule has 2 aliphatic rings. The number of carbonyl (C=O) groups is 3. The molecule has 2 fully saturated rings. The first-order chi connectivity index (χ1) is 11.5. The summed E-state index contributed by atoms with van der Waals surface area (Å²) in [4.78, 5) is 36.9. The molecule has 2 amide bonds. The van der Waals surface area contributed by atoms with Gasteiger partial charge in [0, 0.05) is 18.5 Å². The van der Waals surface area contributed by atoms with E-state index in [1.54, 1.807) is 0 Å². The maximum Gasteiger partial charge on any atom is 0.251 e. The summed E-state index contributed by atoms with van der Waals surface area (Å²) in [6.07, 6.45) is -0.733. The Labute approximate surface area is 139 Å². The lowest BCUT2D eigenvalue weighted by Gasteiger charge is -2.32. The van der Waals surface area contributed by atoms with E-state index in [9.17, 15) is 14.4 Å². The molecule has 0 radical (unpaired) electrons. The molecule has 2 unspecified atom stereocenters. The molecule has 0 bridgehead atoms. The van der Waals surface area contributed by atoms with Gasteiger partial charge >= 0.3 is 0 Å². The van der Waals surface area contributed by atoms with Crippen molar-refractivity contribution in [3.05, 3.63) is 12.2 Å². The number of hydrogen-bond donors (Lipinski definition) is 2. The summed E-state index contributed by atoms with van der Waals surface area (Å²) in [5.41, 5.74) is 0.276. The van der Waals surface area contributed by atoms with Gasteiger partial charge in [0.2, 0.25) is 5.91 Å². The smallest absolute Gasteiger partial charge is 0.251 e. The Morgan fingerprint density at radius 1 is 1.29 bits per heavy atom. The minimum Gasteiger partial charge on any atom is -0.394 e. The molecular weight excluding hydrogens is 320 g/mol. The van der Waals surface area contributed by atoms with Gasteiger partial charge in [-0.3, -0.25) is 14.4 Å². The molecule has 2 rings (SSSR count). The van der Waals surface area contributed by atoms with Crippen LogP contribution in [0.2, 0.25) is 0 Å². The van der Waals surface area contributed by atoms with Crippen molar-refractivity contribution >= 4 is 17.6 Å². The van der Waals surface area contributed by atoms with Crippen LogP contribution in [-0.2, 0) is 28.6 Å². The van der Waals surface area contributed by atoms with E-state index in [-0.39, 0.29) is 75.7 Å². The van der Waals surface area contributed by atoms with Crippen molar-refractivity contribution in [2.24, 2.45) is 0 Å². The second-order valence-corrected chi connectivity index (χ2v) is 5.48. The first-order valence-electron chi connectivity index (χ1n) is 7.73. The molecule has 2 aliphatic heterocycles. The molecule has 134 valence electrons. The van der Waals surface area contributed by atoms with Gasteiger partial charge in [0.1, 0.15) is 12.8 Å². The van der Waals surface area contributed by atoms with Crippen LogP contribution in [0.25, 0.3) is 0 Å². The monoisotopic (exact) mass is 342 g/mol. The predicted molar refractivity (Wildman–Crippen MR) is 80.6 cm³/mol. The van der Waals surface area contributed by atoms with Crippen molar-refractivity contribution in [3.8, 4) is 0 Å². The zero-order valence-corrected chi connectivity index (χ0v) is 13.4. The molecule has 0 saturated carbocycles. The number of Topliss-reactive ketones (excluding diaryl/α,β-unsaturated/α-hetero) is 1. The van der Waals surface area contributed by atoms with Gasteiger partial charge < -0.3 is 29.5 Å². The number of ketones is 1. The number of ether oxygens (including phenoxy) is 3. The highest BCUT2D eigenvalue weighted by atomic mass is 16.7. The lowest BCUT2D eigenvalue weighted by molar-refractivity contribution is -0.173. The largest absolute Gasteiger partial charge is 0.394 e. The van der Waals surface area contributed by atoms with E-state index in [2.05, 4.69) is 11.9 Å². The third-order valence-corrected chi connectivity index (χ3v) is 3.72. The normalized spacial score (nSPS) is 25.6. The summed E-state index contributed by atoms with van der Waals surface area (Å²) >= 11 is 0. The lowest BCUT2D eigenvalue weighted by atomic mass is 10.0. The van der Waals surface area contributed by atoms with E-state index in [1.807, 2.05) is 0 Å². The van der Waals surface area contributed by atoms with Gasteiger partial charge in [0.05, 0.1) is 32.8 Å². The fourth-order valence-corrected chi connectivity index (χ4v) is 2.46. The third kappa shape index (κ3) is 4.84. The molecule has 0 aromatic rings. The summed E-state index contributed by atoms with van der Waals surface area (Å²) in [6, 6.07) is -0.751. The molecule has 2 atom stereocenters. The van der Waals surface area contributed by atoms with Crippen molar-refractivity contribution in [3.63, 3.8) is 0 Å². The number of amides is 2. The van der Waals surface area contributed by atoms with E-state index in [0.717, 1.165) is 0 Å². The Kier molecular flexibility index (Phi) is 6.85. The summed E-state index contributed by atoms with van der Waals surface area (Å²) in [5.74, 6) is -1.05. The molecule has 24 heavy (non-hydrogen) atoms. The molecule has 2 saturated heterocycles. The van der Waals surface area contributed by atoms with Crippen LogP contribution in [0.3, 0.4) is 0 Å². The van der Waals surface area contributed by atoms with Crippen molar-refractivity contribution in [2.75, 3.05) is 39.7 Å². The van der Waals surface area contributed by atoms with E-state index in [4.69, 9.17) is 19.3 Å². The average molecular weight is 342 g/mol. The predicted octanol–water partition coefficient (Wildman–Crippen LogP) is -1.44. The first kappa shape index (κ1) is 18.5. The quantitative estimate of drug-likeness (QED) is 0.331. The molecule has 0 aromatic heterocycles. The average Bonchev–Trinajstić information content (AvgIpc) is 2.68. The van der Waals surface area contributed by atoms with Crippen molar-refractivity contribution in [2.45, 2.75) is 25.2 Å². The van der Waals surface area contributed by atoms with Gasteiger partial charge in [0.25, 0.3) is 5.91 Å². The number of piperidine rings is 1. The van der Waals surface area contributed by atoms with Crippen molar-refractivity contribution in [1.29, 1.82) is 0 Å². The number of nitrogens with zero attached hydrogens (tertiary/aromatic N) is 1. The van der Waals surface area contributed by atoms with Crippen molar-refractivity contribution in [1.82, 2.24) is 10.2 Å². The Balaban J connectivity index is 1.89. The Morgan fingerprint density at radius 3 is 2.79 bits per heavy atom. The maximum absolute atomic E-state index is 12.4. The summed E-state index contributed by atoms with van der Waals surface area (Å²) in [5, 5.41) is 11.2. The lowest BCUT2D eigenvalue weighted by Crippen LogP contribution is -2.55. The summed E-state index contributed by atoms with van der Waals surface area (Å²) < 4.78 is 16.1. The molecule has 9 nitrogen and oxygen atoms in total. The van der Waals surface area contributed by atoms with E-state index in [0.29, 0.717) is 0 Å². The van der Waals surface area contributed by atoms with Gasteiger partial charge in [-0.1, -0.05) is 6.58 Å². The fourth-order valence-electron chi connectivity index (χ4n) is 2.46. The van der Waals surface area contributed by atoms with Crippen LogP contribution in [0.15, 0.2) is 12.2 Å². The van der Waals surface area contributed by atoms with Gasteiger partial charge in [-0.15, -0.1) is 0 Å². The number of hydrogen-bond acceptors (Lipinski definition) is 7. The van der Waals surface area contributed by atoms with E-state index < -0.39 is 12.3 Å². The van der Waals surface area contributed by atoms with Crippen LogP contribution in [0.1, 0.15) is 12.8 Å². The number of carbonyl (C=O) groups excluding carboxylic acids is 3. The van der Waals surface area contributed by atoms with Gasteiger partial charge in [-0.25, -0.2) is 0 Å². The minimum atomic E-state index is -0.751. The molecule has 0 spiro atoms. The maximum atomic E-state index is 12.4. The van der Waals surface area contributed by atoms with Crippen LogP contribution in [0.4, 0.5) is 0 Å². The number of aliphatic hydroxyl groups is 1. The Hall–Kier alpha value is -1.81. The number of nitrogens with one attached hydrogen (secondary N) is 1. The molecule has 9 heteroatoms. The van der Waals surface area contributed by atoms with Gasteiger partial charge in [-0.2, -0.15) is 0 Å². The highest BCUT2D eigenvalue weighted by Gasteiger charge is 2.37. The molecule has 0 aliphatic carbocycles. The number of rotatable bonds is 7. The zero-order valence-electron chi connectivity index (χ0n) is 13.4. The second-order valence-electron chi connectivity index (χ2n) is 5.48. The molecular formula is C15H22N2O7. The zero-order chi connectivity index (χ0) is 17.5. The van der Waals surface area contributed by atoms with Crippen LogP contribution >= 0.6 is 0 Å². The molecule has 2 N–H and O–H groups in total. The highest BCUT2D eigenvalue weighted by Crippen LogP contribution is 2.20. The molecule has 0 aromatic carbocycles. The Morgan fingerprint density at radius 2 is 2.08 bits per heavy atom. The van der Waals surface area contributed by atoms with Crippen molar-refractivity contribution < 1.29 is 33.7 Å². The molecule has 2 heterocycles. The highest BCUT2D eigenvalue weighted by molar-refractivity contribution is 6.05. The van der Waals surface area contributed by atoms with Crippen LogP contribution in [0, 0.1) is 0 Å². The minimum absolute atomic E-state index is 0.0633. The van der Waals surface area contributed by atoms with E-state index in [1.165, 1.54) is 4.90 Å². The SMILES string of the molecule is C=C1CC(OCCOCCO)OCN(C2CNC(=O)CC2=O)C1=O. The van der Waals surface area contributed by atoms with Crippen LogP contribution in [-0.4, -0.2) is 79.6 Å². The van der Waals surface area contributed by atoms with Crippen LogP contribution in [0.5, 0.6) is 0 Å². The Bertz CT molecular complexity index is 508. The third-order valence-electron chi connectivity index (χ3n) is 3.72. The number of aliphatic hydroxyl groups excluding tert-OH is 1. The summed E-state index contributed by atoms with van der Waals surface area (Å²) in [6.45, 7) is 4.38. The van der Waals surface area contributed by atoms with E-state index >= 15 is 0 Å². The topological polar surface area (TPSA) is 114 Å². The van der Waals surface area contributed by atoms with Crippen LogP contribution < -0.4 is 5.32 Å². The summed E-state index contributed by atoms with van der Waals surface area (Å²) in [7, 11) is 0. The second kappa shape index (κ2) is 8.88. The van der Waals surface area contributed by atoms with Gasteiger partial charge in [-0.05, 0) is 0 Å². The standard InChI is InChI=1S/C15H22N2O7/c1-10-6-14(23-5-4-22-3-2-18)24-9-17(15(10)21)11-8-16-13(20)7-12(11)19/h11,14,18H,1-9H2,(H,16,20). The first-order valence-corrected chi connectivity index (χ1v) is 7.73.